The second-order valence-corrected chi connectivity index (χ2v) is 3.50. The highest BCUT2D eigenvalue weighted by molar-refractivity contribution is 14.1. The number of pyridine rings is 1. The maximum atomic E-state index is 5.66. The van der Waals surface area contributed by atoms with Gasteiger partial charge in [0.15, 0.2) is 5.15 Å². The maximum absolute atomic E-state index is 5.66. The first-order valence-electron chi connectivity index (χ1n) is 2.38. The summed E-state index contributed by atoms with van der Waals surface area (Å²) in [7, 11) is 0. The van der Waals surface area contributed by atoms with Crippen LogP contribution in [0, 0.1) is 3.70 Å². The van der Waals surface area contributed by atoms with E-state index in [4.69, 9.17) is 28.9 Å². The molecule has 0 fully saturated rings. The molecule has 0 radical (unpaired) electrons. The Bertz CT molecular complexity index is 241. The van der Waals surface area contributed by atoms with Crippen LogP contribution in [0.2, 0.25) is 10.2 Å². The topological polar surface area (TPSA) is 38.9 Å². The molecule has 54 valence electrons. The van der Waals surface area contributed by atoms with Crippen LogP contribution in [0.1, 0.15) is 0 Å². The van der Waals surface area contributed by atoms with Crippen LogP contribution in [-0.2, 0) is 0 Å². The minimum atomic E-state index is 0.261. The number of halogens is 3. The molecular formula is C5H3Cl2IN2. The van der Waals surface area contributed by atoms with Crippen LogP contribution in [0.3, 0.4) is 0 Å². The van der Waals surface area contributed by atoms with Crippen molar-refractivity contribution in [3.8, 4) is 0 Å². The molecule has 1 rings (SSSR count). The number of hydrogen-bond donors (Lipinski definition) is 1. The van der Waals surface area contributed by atoms with Gasteiger partial charge in [0.1, 0.15) is 3.70 Å². The third-order valence-corrected chi connectivity index (χ3v) is 2.08. The standard InChI is InChI=1S/C5H3Cl2IN2/c6-2-1-3(8)10-5(7)4(2)9/h1H,9H2. The van der Waals surface area contributed by atoms with Crippen molar-refractivity contribution in [2.24, 2.45) is 0 Å². The Morgan fingerprint density at radius 2 is 2.10 bits per heavy atom. The normalized spacial score (nSPS) is 9.90. The van der Waals surface area contributed by atoms with Crippen molar-refractivity contribution in [3.05, 3.63) is 19.9 Å². The monoisotopic (exact) mass is 288 g/mol. The van der Waals surface area contributed by atoms with Gasteiger partial charge in [0.2, 0.25) is 0 Å². The summed E-state index contributed by atoms with van der Waals surface area (Å²) in [5.74, 6) is 0. The third-order valence-electron chi connectivity index (χ3n) is 0.930. The van der Waals surface area contributed by atoms with Gasteiger partial charge < -0.3 is 5.73 Å². The molecule has 0 spiro atoms. The lowest BCUT2D eigenvalue weighted by atomic mass is 10.4. The third kappa shape index (κ3) is 1.65. The van der Waals surface area contributed by atoms with E-state index in [1.165, 1.54) is 0 Å². The minimum Gasteiger partial charge on any atom is -0.395 e. The fourth-order valence-electron chi connectivity index (χ4n) is 0.467. The van der Waals surface area contributed by atoms with E-state index in [2.05, 4.69) is 4.98 Å². The van der Waals surface area contributed by atoms with Crippen LogP contribution in [0.25, 0.3) is 0 Å². The Labute approximate surface area is 81.9 Å². The molecule has 1 heterocycles. The Hall–Kier alpha value is 0.260. The molecule has 0 aromatic carbocycles. The van der Waals surface area contributed by atoms with Gasteiger partial charge in [-0.3, -0.25) is 0 Å². The van der Waals surface area contributed by atoms with Crippen molar-refractivity contribution in [2.75, 3.05) is 5.73 Å². The Kier molecular flexibility index (Phi) is 2.60. The Balaban J connectivity index is 3.31. The number of aromatic nitrogens is 1. The molecule has 0 aliphatic heterocycles. The molecule has 0 saturated heterocycles. The van der Waals surface area contributed by atoms with Crippen molar-refractivity contribution >= 4 is 51.5 Å². The maximum Gasteiger partial charge on any atom is 0.154 e. The van der Waals surface area contributed by atoms with E-state index in [-0.39, 0.29) is 5.15 Å². The van der Waals surface area contributed by atoms with E-state index in [1.54, 1.807) is 6.07 Å². The second-order valence-electron chi connectivity index (χ2n) is 1.63. The largest absolute Gasteiger partial charge is 0.395 e. The van der Waals surface area contributed by atoms with Gasteiger partial charge >= 0.3 is 0 Å². The van der Waals surface area contributed by atoms with E-state index in [0.29, 0.717) is 10.7 Å². The lowest BCUT2D eigenvalue weighted by Crippen LogP contribution is -1.91. The van der Waals surface area contributed by atoms with Gasteiger partial charge in [-0.25, -0.2) is 4.98 Å². The summed E-state index contributed by atoms with van der Waals surface area (Å²) in [5, 5.41) is 0.710. The number of rotatable bonds is 0. The molecule has 0 atom stereocenters. The molecule has 0 bridgehead atoms. The zero-order valence-electron chi connectivity index (χ0n) is 4.74. The molecule has 2 N–H and O–H groups in total. The van der Waals surface area contributed by atoms with Crippen molar-refractivity contribution in [3.63, 3.8) is 0 Å². The van der Waals surface area contributed by atoms with Crippen molar-refractivity contribution < 1.29 is 0 Å². The summed E-state index contributed by atoms with van der Waals surface area (Å²) in [6, 6.07) is 1.66. The number of nitrogen functional groups attached to an aromatic ring is 1. The lowest BCUT2D eigenvalue weighted by molar-refractivity contribution is 1.28. The predicted octanol–water partition coefficient (Wildman–Crippen LogP) is 2.58. The highest BCUT2D eigenvalue weighted by Crippen LogP contribution is 2.26. The summed E-state index contributed by atoms with van der Waals surface area (Å²) < 4.78 is 0.738. The summed E-state index contributed by atoms with van der Waals surface area (Å²) in [6.45, 7) is 0. The lowest BCUT2D eigenvalue weighted by Gasteiger charge is -1.99. The quantitative estimate of drug-likeness (QED) is 0.589. The summed E-state index contributed by atoms with van der Waals surface area (Å²) in [6.07, 6.45) is 0. The average Bonchev–Trinajstić information content (AvgIpc) is 1.82. The molecular weight excluding hydrogens is 286 g/mol. The number of nitrogens with two attached hydrogens (primary N) is 1. The highest BCUT2D eigenvalue weighted by Gasteiger charge is 2.03. The number of hydrogen-bond acceptors (Lipinski definition) is 2. The zero-order chi connectivity index (χ0) is 7.72. The summed E-state index contributed by atoms with van der Waals surface area (Å²) in [4.78, 5) is 3.88. The number of nitrogens with zero attached hydrogens (tertiary/aromatic N) is 1. The van der Waals surface area contributed by atoms with E-state index >= 15 is 0 Å². The highest BCUT2D eigenvalue weighted by atomic mass is 127. The molecule has 0 aliphatic carbocycles. The van der Waals surface area contributed by atoms with Gasteiger partial charge in [-0.05, 0) is 28.7 Å². The Morgan fingerprint density at radius 1 is 1.50 bits per heavy atom. The van der Waals surface area contributed by atoms with Gasteiger partial charge in [0.05, 0.1) is 10.7 Å². The summed E-state index contributed by atoms with van der Waals surface area (Å²) >= 11 is 13.3. The fourth-order valence-corrected chi connectivity index (χ4v) is 1.78. The van der Waals surface area contributed by atoms with E-state index in [0.717, 1.165) is 3.70 Å². The first kappa shape index (κ1) is 8.36. The summed E-state index contributed by atoms with van der Waals surface area (Å²) in [5.41, 5.74) is 5.76. The molecule has 5 heteroatoms. The first-order chi connectivity index (χ1) is 4.61. The van der Waals surface area contributed by atoms with Gasteiger partial charge in [-0.2, -0.15) is 0 Å². The Morgan fingerprint density at radius 3 is 2.60 bits per heavy atom. The van der Waals surface area contributed by atoms with Crippen LogP contribution in [0.5, 0.6) is 0 Å². The molecule has 0 aliphatic rings. The van der Waals surface area contributed by atoms with Crippen LogP contribution in [-0.4, -0.2) is 4.98 Å². The van der Waals surface area contributed by atoms with Gasteiger partial charge in [-0.1, -0.05) is 23.2 Å². The SMILES string of the molecule is Nc1c(Cl)cc(I)nc1Cl. The average molecular weight is 289 g/mol. The fraction of sp³-hybridized carbons (Fsp3) is 0. The molecule has 1 aromatic rings. The second kappa shape index (κ2) is 3.11. The van der Waals surface area contributed by atoms with Crippen molar-refractivity contribution in [2.45, 2.75) is 0 Å². The smallest absolute Gasteiger partial charge is 0.154 e. The van der Waals surface area contributed by atoms with E-state index < -0.39 is 0 Å². The van der Waals surface area contributed by atoms with Crippen LogP contribution in [0.4, 0.5) is 5.69 Å². The van der Waals surface area contributed by atoms with Crippen molar-refractivity contribution in [1.82, 2.24) is 4.98 Å². The van der Waals surface area contributed by atoms with Gasteiger partial charge in [0.25, 0.3) is 0 Å². The van der Waals surface area contributed by atoms with Crippen molar-refractivity contribution in [1.29, 1.82) is 0 Å². The first-order valence-corrected chi connectivity index (χ1v) is 4.21. The predicted molar refractivity (Wildman–Crippen MR) is 51.4 cm³/mol. The minimum absolute atomic E-state index is 0.261. The van der Waals surface area contributed by atoms with Crippen LogP contribution in [0.15, 0.2) is 6.07 Å². The van der Waals surface area contributed by atoms with Gasteiger partial charge in [0, 0.05) is 0 Å². The van der Waals surface area contributed by atoms with E-state index in [1.807, 2.05) is 22.6 Å². The zero-order valence-corrected chi connectivity index (χ0v) is 8.41. The molecule has 10 heavy (non-hydrogen) atoms. The molecule has 0 amide bonds. The number of anilines is 1. The van der Waals surface area contributed by atoms with Crippen LogP contribution >= 0.6 is 45.8 Å². The molecule has 0 unspecified atom stereocenters. The van der Waals surface area contributed by atoms with Crippen LogP contribution < -0.4 is 5.73 Å². The molecule has 1 aromatic heterocycles. The van der Waals surface area contributed by atoms with Gasteiger partial charge in [-0.15, -0.1) is 0 Å². The van der Waals surface area contributed by atoms with E-state index in [9.17, 15) is 0 Å². The molecule has 0 saturated carbocycles. The molecule has 2 nitrogen and oxygen atoms in total.